The normalized spacial score (nSPS) is 13.4. The second-order valence-corrected chi connectivity index (χ2v) is 7.94. The van der Waals surface area contributed by atoms with E-state index in [1.165, 1.54) is 12.8 Å². The van der Waals surface area contributed by atoms with E-state index in [2.05, 4.69) is 10.2 Å². The molecule has 1 saturated carbocycles. The van der Waals surface area contributed by atoms with E-state index in [4.69, 9.17) is 35.9 Å². The maximum Gasteiger partial charge on any atom is 0.203 e. The third-order valence-electron chi connectivity index (χ3n) is 5.80. The summed E-state index contributed by atoms with van der Waals surface area (Å²) in [5.74, 6) is 3.25. The van der Waals surface area contributed by atoms with E-state index in [1.54, 1.807) is 35.5 Å². The fourth-order valence-corrected chi connectivity index (χ4v) is 4.47. The Labute approximate surface area is 195 Å². The van der Waals surface area contributed by atoms with Gasteiger partial charge in [-0.3, -0.25) is 0 Å². The summed E-state index contributed by atoms with van der Waals surface area (Å²) >= 11 is 5.88. The van der Waals surface area contributed by atoms with Crippen molar-refractivity contribution < 1.29 is 23.7 Å². The molecule has 1 aliphatic carbocycles. The molecule has 32 heavy (non-hydrogen) atoms. The minimum Gasteiger partial charge on any atom is -0.497 e. The van der Waals surface area contributed by atoms with Gasteiger partial charge in [0.2, 0.25) is 5.75 Å². The van der Waals surface area contributed by atoms with Crippen LogP contribution in [0.15, 0.2) is 30.3 Å². The summed E-state index contributed by atoms with van der Waals surface area (Å²) in [6.07, 6.45) is 4.58. The van der Waals surface area contributed by atoms with E-state index in [0.29, 0.717) is 40.7 Å². The zero-order valence-corrected chi connectivity index (χ0v) is 20.2. The summed E-state index contributed by atoms with van der Waals surface area (Å²) in [5, 5.41) is 4.01. The Balaban J connectivity index is 1.91. The molecule has 0 aliphatic heterocycles. The maximum atomic E-state index is 5.88. The Morgan fingerprint density at radius 1 is 0.875 bits per heavy atom. The topological polar surface area (TPSA) is 61.4 Å². The molecular formula is C24H32N2O5S. The third-order valence-corrected chi connectivity index (χ3v) is 6.14. The van der Waals surface area contributed by atoms with Crippen molar-refractivity contribution in [3.05, 3.63) is 35.9 Å². The first-order valence-corrected chi connectivity index (χ1v) is 11.0. The maximum absolute atomic E-state index is 5.88. The molecule has 174 valence electrons. The largest absolute Gasteiger partial charge is 0.497 e. The summed E-state index contributed by atoms with van der Waals surface area (Å²) in [4.78, 5) is 2.23. The van der Waals surface area contributed by atoms with Gasteiger partial charge in [-0.1, -0.05) is 12.8 Å². The van der Waals surface area contributed by atoms with Crippen LogP contribution in [0.2, 0.25) is 0 Å². The molecule has 3 rings (SSSR count). The second kappa shape index (κ2) is 11.1. The zero-order valence-electron chi connectivity index (χ0n) is 19.4. The van der Waals surface area contributed by atoms with E-state index in [-0.39, 0.29) is 0 Å². The molecular weight excluding hydrogens is 428 g/mol. The number of methoxy groups -OCH3 is 5. The number of nitrogens with one attached hydrogen (secondary N) is 1. The quantitative estimate of drug-likeness (QED) is 0.532. The first kappa shape index (κ1) is 23.8. The summed E-state index contributed by atoms with van der Waals surface area (Å²) in [5.41, 5.74) is 1.77. The van der Waals surface area contributed by atoms with Crippen LogP contribution in [0.1, 0.15) is 31.2 Å². The molecule has 0 unspecified atom stereocenters. The lowest BCUT2D eigenvalue weighted by Crippen LogP contribution is -2.41. The van der Waals surface area contributed by atoms with Gasteiger partial charge < -0.3 is 33.9 Å². The van der Waals surface area contributed by atoms with Gasteiger partial charge in [0.15, 0.2) is 16.6 Å². The van der Waals surface area contributed by atoms with E-state index < -0.39 is 0 Å². The molecule has 1 fully saturated rings. The molecule has 2 aromatic carbocycles. The molecule has 7 nitrogen and oxygen atoms in total. The zero-order chi connectivity index (χ0) is 23.1. The Hall–Kier alpha value is -2.87. The summed E-state index contributed by atoms with van der Waals surface area (Å²) in [7, 11) is 8.13. The molecule has 0 bridgehead atoms. The van der Waals surface area contributed by atoms with E-state index in [9.17, 15) is 0 Å². The number of nitrogens with zero attached hydrogens (tertiary/aromatic N) is 1. The van der Waals surface area contributed by atoms with Crippen molar-refractivity contribution in [1.29, 1.82) is 0 Å². The second-order valence-electron chi connectivity index (χ2n) is 7.56. The lowest BCUT2D eigenvalue weighted by atomic mass is 10.1. The van der Waals surface area contributed by atoms with Gasteiger partial charge in [0.05, 0.1) is 41.2 Å². The number of benzene rings is 2. The monoisotopic (exact) mass is 460 g/mol. The molecule has 1 N–H and O–H groups in total. The van der Waals surface area contributed by atoms with Crippen LogP contribution in [-0.2, 0) is 6.54 Å². The molecule has 0 spiro atoms. The van der Waals surface area contributed by atoms with Gasteiger partial charge in [-0.15, -0.1) is 0 Å². The number of hydrogen-bond acceptors (Lipinski definition) is 6. The highest BCUT2D eigenvalue weighted by molar-refractivity contribution is 7.80. The molecule has 0 heterocycles. The predicted octanol–water partition coefficient (Wildman–Crippen LogP) is 4.87. The van der Waals surface area contributed by atoms with Gasteiger partial charge in [0.1, 0.15) is 11.5 Å². The highest BCUT2D eigenvalue weighted by Gasteiger charge is 2.27. The number of anilines is 1. The van der Waals surface area contributed by atoms with Gasteiger partial charge in [-0.25, -0.2) is 0 Å². The number of ether oxygens (including phenoxy) is 5. The van der Waals surface area contributed by atoms with E-state index in [0.717, 1.165) is 29.8 Å². The summed E-state index contributed by atoms with van der Waals surface area (Å²) < 4.78 is 27.5. The minimum absolute atomic E-state index is 0.344. The molecule has 8 heteroatoms. The van der Waals surface area contributed by atoms with Crippen LogP contribution in [0.3, 0.4) is 0 Å². The molecule has 0 aromatic heterocycles. The van der Waals surface area contributed by atoms with Gasteiger partial charge >= 0.3 is 0 Å². The van der Waals surface area contributed by atoms with Crippen molar-refractivity contribution in [2.45, 2.75) is 38.3 Å². The molecule has 0 atom stereocenters. The molecule has 2 aromatic rings. The first-order chi connectivity index (χ1) is 15.6. The number of hydrogen-bond donors (Lipinski definition) is 1. The van der Waals surface area contributed by atoms with Crippen molar-refractivity contribution in [3.8, 4) is 28.7 Å². The lowest BCUT2D eigenvalue weighted by Gasteiger charge is -2.32. The molecule has 0 amide bonds. The average Bonchev–Trinajstić information content (AvgIpc) is 3.36. The Kier molecular flexibility index (Phi) is 8.27. The van der Waals surface area contributed by atoms with Crippen molar-refractivity contribution in [3.63, 3.8) is 0 Å². The average molecular weight is 461 g/mol. The van der Waals surface area contributed by atoms with Crippen LogP contribution < -0.4 is 29.0 Å². The van der Waals surface area contributed by atoms with Crippen molar-refractivity contribution >= 4 is 23.0 Å². The Morgan fingerprint density at radius 3 is 2.16 bits per heavy atom. The van der Waals surface area contributed by atoms with Gasteiger partial charge in [0, 0.05) is 24.2 Å². The predicted molar refractivity (Wildman–Crippen MR) is 130 cm³/mol. The molecule has 0 radical (unpaired) electrons. The van der Waals surface area contributed by atoms with Crippen LogP contribution in [0.25, 0.3) is 0 Å². The Bertz CT molecular complexity index is 931. The standard InChI is InChI=1S/C24H32N2O5S/c1-27-18-11-12-19(21(14-18)29-3)25-24(32)26(17-8-6-7-9-17)15-16-10-13-20(28-2)23(31-5)22(16)30-4/h10-14,17H,6-9,15H2,1-5H3,(H,25,32). The highest BCUT2D eigenvalue weighted by Crippen LogP contribution is 2.41. The Morgan fingerprint density at radius 2 is 1.56 bits per heavy atom. The van der Waals surface area contributed by atoms with Crippen molar-refractivity contribution in [1.82, 2.24) is 4.90 Å². The first-order valence-electron chi connectivity index (χ1n) is 10.6. The van der Waals surface area contributed by atoms with Crippen molar-refractivity contribution in [2.75, 3.05) is 40.9 Å². The fraction of sp³-hybridized carbons (Fsp3) is 0.458. The van der Waals surface area contributed by atoms with Crippen LogP contribution in [0, 0.1) is 0 Å². The third kappa shape index (κ3) is 5.12. The summed E-state index contributed by atoms with van der Waals surface area (Å²) in [6.45, 7) is 0.582. The SMILES string of the molecule is COc1ccc(NC(=S)N(Cc2ccc(OC)c(OC)c2OC)C2CCCC2)c(OC)c1. The van der Waals surface area contributed by atoms with Gasteiger partial charge in [-0.05, 0) is 49.3 Å². The lowest BCUT2D eigenvalue weighted by molar-refractivity contribution is 0.294. The molecule has 0 saturated heterocycles. The smallest absolute Gasteiger partial charge is 0.203 e. The number of thiocarbonyl (C=S) groups is 1. The highest BCUT2D eigenvalue weighted by atomic mass is 32.1. The minimum atomic E-state index is 0.344. The van der Waals surface area contributed by atoms with E-state index in [1.807, 2.05) is 30.3 Å². The van der Waals surface area contributed by atoms with Crippen LogP contribution in [-0.4, -0.2) is 51.6 Å². The van der Waals surface area contributed by atoms with Gasteiger partial charge in [-0.2, -0.15) is 0 Å². The van der Waals surface area contributed by atoms with E-state index >= 15 is 0 Å². The van der Waals surface area contributed by atoms with Crippen LogP contribution >= 0.6 is 12.2 Å². The van der Waals surface area contributed by atoms with Crippen molar-refractivity contribution in [2.24, 2.45) is 0 Å². The van der Waals surface area contributed by atoms with Crippen LogP contribution in [0.4, 0.5) is 5.69 Å². The summed E-state index contributed by atoms with van der Waals surface area (Å²) in [6, 6.07) is 9.86. The fourth-order valence-electron chi connectivity index (χ4n) is 4.14. The van der Waals surface area contributed by atoms with Crippen LogP contribution in [0.5, 0.6) is 28.7 Å². The molecule has 1 aliphatic rings. The number of rotatable bonds is 9. The van der Waals surface area contributed by atoms with Gasteiger partial charge in [0.25, 0.3) is 0 Å².